The third-order valence-electron chi connectivity index (χ3n) is 15.2. The zero-order chi connectivity index (χ0) is 59.8. The third kappa shape index (κ3) is 64.3. The molecule has 0 aliphatic heterocycles. The Hall–Kier alpha value is -3.27. The van der Waals surface area contributed by atoms with E-state index < -0.39 is 18.4 Å². The molecule has 0 aliphatic carbocycles. The number of carboxylic acids is 1. The first kappa shape index (κ1) is 78.7. The Kier molecular flexibility index (Phi) is 61.2. The zero-order valence-electron chi connectivity index (χ0n) is 54.4. The Morgan fingerprint density at radius 2 is 0.695 bits per heavy atom. The normalized spacial score (nSPS) is 13.1. The molecule has 2 atom stereocenters. The van der Waals surface area contributed by atoms with Crippen LogP contribution in [0.4, 0.5) is 0 Å². The lowest BCUT2D eigenvalue weighted by atomic mass is 10.0. The minimum atomic E-state index is -1.51. The fourth-order valence-electron chi connectivity index (χ4n) is 9.96. The van der Waals surface area contributed by atoms with Gasteiger partial charge in [-0.15, -0.1) is 0 Å². The van der Waals surface area contributed by atoms with E-state index in [2.05, 4.69) is 86.8 Å². The van der Waals surface area contributed by atoms with Crippen LogP contribution in [-0.2, 0) is 33.3 Å². The van der Waals surface area contributed by atoms with Crippen LogP contribution in [-0.4, -0.2) is 87.4 Å². The number of esters is 2. The van der Waals surface area contributed by atoms with E-state index in [4.69, 9.17) is 18.9 Å². The number of nitrogens with zero attached hydrogens (tertiary/aromatic N) is 1. The molecule has 0 aromatic rings. The van der Waals surface area contributed by atoms with E-state index in [1.807, 2.05) is 21.1 Å². The van der Waals surface area contributed by atoms with Crippen molar-refractivity contribution in [1.29, 1.82) is 0 Å². The van der Waals surface area contributed by atoms with Crippen molar-refractivity contribution in [3.63, 3.8) is 0 Å². The van der Waals surface area contributed by atoms with E-state index in [0.29, 0.717) is 17.4 Å². The van der Waals surface area contributed by atoms with Gasteiger partial charge in [-0.25, -0.2) is 4.79 Å². The Morgan fingerprint density at radius 1 is 0.378 bits per heavy atom. The van der Waals surface area contributed by atoms with E-state index in [-0.39, 0.29) is 38.2 Å². The van der Waals surface area contributed by atoms with E-state index in [1.54, 1.807) is 0 Å². The summed E-state index contributed by atoms with van der Waals surface area (Å²) in [6.45, 7) is 4.81. The van der Waals surface area contributed by atoms with Crippen LogP contribution in [0.2, 0.25) is 0 Å². The number of allylic oxidation sites excluding steroid dienone is 12. The molecule has 2 unspecified atom stereocenters. The number of carbonyl (C=O) groups excluding carboxylic acids is 2. The molecule has 82 heavy (non-hydrogen) atoms. The molecule has 9 heteroatoms. The Morgan fingerprint density at radius 3 is 1.04 bits per heavy atom. The van der Waals surface area contributed by atoms with Crippen molar-refractivity contribution in [3.05, 3.63) is 72.9 Å². The van der Waals surface area contributed by atoms with Gasteiger partial charge in [0, 0.05) is 12.8 Å². The van der Waals surface area contributed by atoms with Crippen LogP contribution in [0, 0.1) is 0 Å². The maximum Gasteiger partial charge on any atom is 0.361 e. The topological polar surface area (TPSA) is 108 Å². The number of likely N-dealkylation sites (N-methyl/N-ethyl adjacent to an activating group) is 1. The van der Waals surface area contributed by atoms with Crippen molar-refractivity contribution in [2.24, 2.45) is 0 Å². The monoisotopic (exact) mass is 1150 g/mol. The highest BCUT2D eigenvalue weighted by molar-refractivity contribution is 5.71. The van der Waals surface area contributed by atoms with Gasteiger partial charge in [-0.1, -0.05) is 311 Å². The molecule has 0 fully saturated rings. The van der Waals surface area contributed by atoms with Crippen LogP contribution >= 0.6 is 0 Å². The highest BCUT2D eigenvalue weighted by Crippen LogP contribution is 2.18. The van der Waals surface area contributed by atoms with Crippen molar-refractivity contribution in [2.75, 3.05) is 47.5 Å². The SMILES string of the molecule is CC/C=C\C/C=C\C/C=C\C/C=C\C/C=C\C/C=C\CCCCCCCCCCCCCCCCCCC(=O)OC(COC(=O)CCCCCCCCCCCCCCCCCCCCCCCC)COC(OCC[N+](C)(C)C)C(=O)O. The molecule has 0 rings (SSSR count). The molecular weight excluding hydrogens is 1020 g/mol. The average Bonchev–Trinajstić information content (AvgIpc) is 3.45. The van der Waals surface area contributed by atoms with E-state index >= 15 is 0 Å². The number of rotatable bonds is 64. The average molecular weight is 1150 g/mol. The summed E-state index contributed by atoms with van der Waals surface area (Å²) in [5, 5.41) is 9.74. The molecule has 9 nitrogen and oxygen atoms in total. The van der Waals surface area contributed by atoms with Gasteiger partial charge in [0.25, 0.3) is 6.29 Å². The number of hydrogen-bond acceptors (Lipinski definition) is 7. The molecule has 0 aromatic heterocycles. The lowest BCUT2D eigenvalue weighted by Crippen LogP contribution is -2.40. The minimum absolute atomic E-state index is 0.179. The molecule has 0 saturated carbocycles. The number of aliphatic carboxylic acids is 1. The molecule has 476 valence electrons. The van der Waals surface area contributed by atoms with Gasteiger partial charge in [0.05, 0.1) is 34.4 Å². The second-order valence-corrected chi connectivity index (χ2v) is 24.5. The van der Waals surface area contributed by atoms with Crippen LogP contribution in [0.25, 0.3) is 0 Å². The van der Waals surface area contributed by atoms with Crippen LogP contribution in [0.1, 0.15) is 316 Å². The first-order chi connectivity index (χ1) is 40.1. The highest BCUT2D eigenvalue weighted by Gasteiger charge is 2.25. The van der Waals surface area contributed by atoms with E-state index in [9.17, 15) is 19.5 Å². The fraction of sp³-hybridized carbons (Fsp3) is 0.795. The molecule has 1 N–H and O–H groups in total. The fourth-order valence-corrected chi connectivity index (χ4v) is 9.96. The van der Waals surface area contributed by atoms with E-state index in [1.165, 1.54) is 212 Å². The Labute approximate surface area is 507 Å². The molecule has 0 aliphatic rings. The van der Waals surface area contributed by atoms with Crippen molar-refractivity contribution in [3.8, 4) is 0 Å². The smallest absolute Gasteiger partial charge is 0.361 e. The van der Waals surface area contributed by atoms with Crippen molar-refractivity contribution in [1.82, 2.24) is 0 Å². The molecule has 0 aromatic carbocycles. The highest BCUT2D eigenvalue weighted by atomic mass is 16.7. The van der Waals surface area contributed by atoms with Crippen molar-refractivity contribution >= 4 is 17.9 Å². The summed E-state index contributed by atoms with van der Waals surface area (Å²) in [7, 11) is 5.98. The van der Waals surface area contributed by atoms with Gasteiger partial charge in [-0.05, 0) is 64.2 Å². The van der Waals surface area contributed by atoms with Gasteiger partial charge in [0.15, 0.2) is 6.10 Å². The van der Waals surface area contributed by atoms with Crippen molar-refractivity contribution in [2.45, 2.75) is 328 Å². The summed E-state index contributed by atoms with van der Waals surface area (Å²) in [5.41, 5.74) is 0. The maximum atomic E-state index is 12.9. The van der Waals surface area contributed by atoms with Gasteiger partial charge in [0.2, 0.25) is 0 Å². The molecule has 0 heterocycles. The number of unbranched alkanes of at least 4 members (excludes halogenated alkanes) is 37. The lowest BCUT2D eigenvalue weighted by Gasteiger charge is -2.25. The van der Waals surface area contributed by atoms with E-state index in [0.717, 1.165) is 77.0 Å². The quantitative estimate of drug-likeness (QED) is 0.0211. The maximum absolute atomic E-state index is 12.9. The first-order valence-corrected chi connectivity index (χ1v) is 34.6. The number of quaternary nitrogens is 1. The predicted octanol–water partition coefficient (Wildman–Crippen LogP) is 21.3. The number of hydrogen-bond donors (Lipinski definition) is 1. The number of ether oxygens (including phenoxy) is 4. The first-order valence-electron chi connectivity index (χ1n) is 34.6. The summed E-state index contributed by atoms with van der Waals surface area (Å²) in [4.78, 5) is 37.6. The third-order valence-corrected chi connectivity index (χ3v) is 15.2. The van der Waals surface area contributed by atoms with Gasteiger partial charge >= 0.3 is 17.9 Å². The van der Waals surface area contributed by atoms with Crippen LogP contribution in [0.5, 0.6) is 0 Å². The Bertz CT molecular complexity index is 1570. The molecular formula is C73H132NO8+. The minimum Gasteiger partial charge on any atom is -0.477 e. The second kappa shape index (κ2) is 63.7. The number of carboxylic acid groups (broad SMARTS) is 1. The molecule has 0 amide bonds. The summed E-state index contributed by atoms with van der Waals surface area (Å²) in [6.07, 6.45) is 81.5. The van der Waals surface area contributed by atoms with Gasteiger partial charge in [0.1, 0.15) is 13.2 Å². The largest absolute Gasteiger partial charge is 0.477 e. The van der Waals surface area contributed by atoms with Gasteiger partial charge < -0.3 is 28.5 Å². The van der Waals surface area contributed by atoms with Gasteiger partial charge in [-0.2, -0.15) is 0 Å². The van der Waals surface area contributed by atoms with Crippen LogP contribution < -0.4 is 0 Å². The van der Waals surface area contributed by atoms with Crippen LogP contribution in [0.3, 0.4) is 0 Å². The van der Waals surface area contributed by atoms with Crippen LogP contribution in [0.15, 0.2) is 72.9 Å². The molecule has 0 radical (unpaired) electrons. The molecule has 0 bridgehead atoms. The zero-order valence-corrected chi connectivity index (χ0v) is 54.4. The van der Waals surface area contributed by atoms with Crippen molar-refractivity contribution < 1.29 is 42.9 Å². The summed E-state index contributed by atoms with van der Waals surface area (Å²) in [5.74, 6) is -1.98. The number of carbonyl (C=O) groups is 3. The predicted molar refractivity (Wildman–Crippen MR) is 350 cm³/mol. The molecule has 0 spiro atoms. The van der Waals surface area contributed by atoms with Gasteiger partial charge in [-0.3, -0.25) is 9.59 Å². The lowest BCUT2D eigenvalue weighted by molar-refractivity contribution is -0.870. The Balaban J connectivity index is 4.08. The second-order valence-electron chi connectivity index (χ2n) is 24.5. The summed E-state index contributed by atoms with van der Waals surface area (Å²) < 4.78 is 23.0. The summed E-state index contributed by atoms with van der Waals surface area (Å²) >= 11 is 0. The molecule has 0 saturated heterocycles. The summed E-state index contributed by atoms with van der Waals surface area (Å²) in [6, 6.07) is 0. The standard InChI is InChI=1S/C73H131NO8/c1-6-8-10-12-14-16-18-20-22-24-26-28-30-31-32-33-34-35-36-37-38-39-40-41-42-44-46-48-50-52-54-56-58-60-62-64-71(76)82-69(68-81-73(72(77)78)79-66-65-74(3,4)5)67-80-70(75)63-61-59-57-55-53-51-49-47-45-43-29-27-25-23-21-19-17-15-13-11-9-7-2/h8,10,14,16,20,22,26,28,31-32,34-35,69,73H,6-7,9,11-13,15,17-19,21,23-25,27,29-30,33,36-68H2,1-5H3/p+1/b10-8-,16-14-,22-20-,28-26-,32-31-,35-34-.